The van der Waals surface area contributed by atoms with Crippen molar-refractivity contribution in [1.82, 2.24) is 0 Å². The molecule has 0 fully saturated rings. The molecule has 1 aliphatic carbocycles. The summed E-state index contributed by atoms with van der Waals surface area (Å²) in [7, 11) is 0. The van der Waals surface area contributed by atoms with Crippen molar-refractivity contribution in [3.05, 3.63) is 71.3 Å². The molecule has 1 aliphatic rings. The van der Waals surface area contributed by atoms with Crippen LogP contribution in [0, 0.1) is 6.92 Å². The van der Waals surface area contributed by atoms with Gasteiger partial charge in [0.25, 0.3) is 0 Å². The van der Waals surface area contributed by atoms with E-state index in [9.17, 15) is 4.79 Å². The first-order valence-corrected chi connectivity index (χ1v) is 7.39. The predicted octanol–water partition coefficient (Wildman–Crippen LogP) is 4.94. The molecule has 1 nitrogen and oxygen atoms in total. The van der Waals surface area contributed by atoms with Gasteiger partial charge in [-0.15, -0.1) is 0 Å². The Balaban J connectivity index is 2.09. The highest BCUT2D eigenvalue weighted by Crippen LogP contribution is 2.37. The quantitative estimate of drug-likeness (QED) is 0.613. The third kappa shape index (κ3) is 1.81. The predicted molar refractivity (Wildman–Crippen MR) is 86.8 cm³/mol. The van der Waals surface area contributed by atoms with Gasteiger partial charge in [0.1, 0.15) is 0 Å². The van der Waals surface area contributed by atoms with Crippen LogP contribution in [0.5, 0.6) is 0 Å². The Hall–Kier alpha value is -2.41. The molecule has 3 aromatic rings. The van der Waals surface area contributed by atoms with Crippen LogP contribution in [0.15, 0.2) is 54.6 Å². The molecule has 0 N–H and O–H groups in total. The highest BCUT2D eigenvalue weighted by Gasteiger charge is 2.23. The smallest absolute Gasteiger partial charge is 0.163 e. The maximum absolute atomic E-state index is 12.0. The molecule has 3 aromatic carbocycles. The Morgan fingerprint density at radius 1 is 0.810 bits per heavy atom. The van der Waals surface area contributed by atoms with E-state index in [4.69, 9.17) is 0 Å². The second-order valence-corrected chi connectivity index (χ2v) is 5.73. The summed E-state index contributed by atoms with van der Waals surface area (Å²) in [6, 6.07) is 19.0. The fourth-order valence-electron chi connectivity index (χ4n) is 3.46. The van der Waals surface area contributed by atoms with Crippen LogP contribution in [0.3, 0.4) is 0 Å². The van der Waals surface area contributed by atoms with Gasteiger partial charge in [-0.1, -0.05) is 54.6 Å². The Morgan fingerprint density at radius 2 is 1.62 bits per heavy atom. The van der Waals surface area contributed by atoms with E-state index in [-0.39, 0.29) is 5.78 Å². The Morgan fingerprint density at radius 3 is 2.52 bits per heavy atom. The maximum Gasteiger partial charge on any atom is 0.163 e. The second kappa shape index (κ2) is 4.56. The van der Waals surface area contributed by atoms with E-state index < -0.39 is 0 Å². The van der Waals surface area contributed by atoms with Crippen molar-refractivity contribution in [2.24, 2.45) is 0 Å². The van der Waals surface area contributed by atoms with E-state index in [0.717, 1.165) is 12.0 Å². The van der Waals surface area contributed by atoms with Crippen LogP contribution in [0.2, 0.25) is 0 Å². The lowest BCUT2D eigenvalue weighted by Crippen LogP contribution is -1.94. The Kier molecular flexibility index (Phi) is 2.68. The Labute approximate surface area is 124 Å². The summed E-state index contributed by atoms with van der Waals surface area (Å²) in [6.45, 7) is 2.15. The molecule has 0 spiro atoms. The van der Waals surface area contributed by atoms with Gasteiger partial charge in [0.05, 0.1) is 0 Å². The SMILES string of the molecule is Cc1ccc2ccccc2c1-c1cccc2c1CCC2=O. The van der Waals surface area contributed by atoms with E-state index in [2.05, 4.69) is 49.4 Å². The molecule has 21 heavy (non-hydrogen) atoms. The van der Waals surface area contributed by atoms with Crippen LogP contribution in [0.25, 0.3) is 21.9 Å². The zero-order valence-electron chi connectivity index (χ0n) is 12.0. The minimum Gasteiger partial charge on any atom is -0.294 e. The number of benzene rings is 3. The fraction of sp³-hybridized carbons (Fsp3) is 0.150. The normalized spacial score (nSPS) is 13.7. The van der Waals surface area contributed by atoms with Gasteiger partial charge in [0.15, 0.2) is 5.78 Å². The van der Waals surface area contributed by atoms with Crippen LogP contribution < -0.4 is 0 Å². The van der Waals surface area contributed by atoms with Crippen LogP contribution >= 0.6 is 0 Å². The topological polar surface area (TPSA) is 17.1 Å². The van der Waals surface area contributed by atoms with Gasteiger partial charge >= 0.3 is 0 Å². The minimum absolute atomic E-state index is 0.282. The van der Waals surface area contributed by atoms with Gasteiger partial charge in [-0.05, 0) is 46.4 Å². The number of carbonyl (C=O) groups excluding carboxylic acids is 1. The lowest BCUT2D eigenvalue weighted by atomic mass is 9.90. The molecular weight excluding hydrogens is 256 g/mol. The number of hydrogen-bond donors (Lipinski definition) is 0. The van der Waals surface area contributed by atoms with Crippen LogP contribution in [-0.4, -0.2) is 5.78 Å². The van der Waals surface area contributed by atoms with Crippen LogP contribution in [0.1, 0.15) is 27.9 Å². The molecule has 0 bridgehead atoms. The Bertz CT molecular complexity index is 874. The molecule has 0 heterocycles. The maximum atomic E-state index is 12.0. The highest BCUT2D eigenvalue weighted by molar-refractivity contribution is 6.05. The molecule has 102 valence electrons. The zero-order chi connectivity index (χ0) is 14.4. The first-order valence-electron chi connectivity index (χ1n) is 7.39. The van der Waals surface area contributed by atoms with Gasteiger partial charge in [0, 0.05) is 12.0 Å². The van der Waals surface area contributed by atoms with E-state index in [1.54, 1.807) is 0 Å². The number of hydrogen-bond acceptors (Lipinski definition) is 1. The van der Waals surface area contributed by atoms with Gasteiger partial charge in [-0.3, -0.25) is 4.79 Å². The van der Waals surface area contributed by atoms with Gasteiger partial charge in [-0.25, -0.2) is 0 Å². The van der Waals surface area contributed by atoms with E-state index >= 15 is 0 Å². The summed E-state index contributed by atoms with van der Waals surface area (Å²) in [5, 5.41) is 2.52. The zero-order valence-corrected chi connectivity index (χ0v) is 12.0. The number of ketones is 1. The van der Waals surface area contributed by atoms with Crippen LogP contribution in [0.4, 0.5) is 0 Å². The van der Waals surface area contributed by atoms with Crippen LogP contribution in [-0.2, 0) is 6.42 Å². The van der Waals surface area contributed by atoms with Crippen molar-refractivity contribution < 1.29 is 4.79 Å². The van der Waals surface area contributed by atoms with Gasteiger partial charge < -0.3 is 0 Å². The summed E-state index contributed by atoms with van der Waals surface area (Å²) in [5.74, 6) is 0.282. The average molecular weight is 272 g/mol. The van der Waals surface area contributed by atoms with E-state index in [1.807, 2.05) is 12.1 Å². The number of aryl methyl sites for hydroxylation is 1. The van der Waals surface area contributed by atoms with Crippen molar-refractivity contribution in [3.8, 4) is 11.1 Å². The lowest BCUT2D eigenvalue weighted by Gasteiger charge is -2.14. The first kappa shape index (κ1) is 12.3. The summed E-state index contributed by atoms with van der Waals surface area (Å²) in [4.78, 5) is 12.0. The lowest BCUT2D eigenvalue weighted by molar-refractivity contribution is 0.0994. The third-order valence-corrected chi connectivity index (χ3v) is 4.49. The molecule has 0 aliphatic heterocycles. The minimum atomic E-state index is 0.282. The van der Waals surface area contributed by atoms with E-state index in [1.165, 1.54) is 33.0 Å². The summed E-state index contributed by atoms with van der Waals surface area (Å²) < 4.78 is 0. The largest absolute Gasteiger partial charge is 0.294 e. The number of rotatable bonds is 1. The average Bonchev–Trinajstić information content (AvgIpc) is 2.89. The van der Waals surface area contributed by atoms with Crippen molar-refractivity contribution in [2.75, 3.05) is 0 Å². The van der Waals surface area contributed by atoms with Crippen molar-refractivity contribution in [3.63, 3.8) is 0 Å². The molecule has 0 radical (unpaired) electrons. The molecule has 4 rings (SSSR count). The standard InChI is InChI=1S/C20H16O/c1-13-9-10-14-5-2-3-6-15(14)20(13)18-8-4-7-17-16(18)11-12-19(17)21/h2-10H,11-12H2,1H3. The van der Waals surface area contributed by atoms with E-state index in [0.29, 0.717) is 6.42 Å². The number of fused-ring (bicyclic) bond motifs is 2. The molecule has 1 heteroatoms. The second-order valence-electron chi connectivity index (χ2n) is 5.73. The molecule has 0 atom stereocenters. The number of carbonyl (C=O) groups is 1. The van der Waals surface area contributed by atoms with Crippen molar-refractivity contribution in [2.45, 2.75) is 19.8 Å². The molecule has 0 unspecified atom stereocenters. The molecule has 0 saturated heterocycles. The fourth-order valence-corrected chi connectivity index (χ4v) is 3.46. The number of Topliss-reactive ketones (excluding diaryl/α,β-unsaturated/α-hetero) is 1. The summed E-state index contributed by atoms with van der Waals surface area (Å²) in [6.07, 6.45) is 1.52. The van der Waals surface area contributed by atoms with Gasteiger partial charge in [-0.2, -0.15) is 0 Å². The van der Waals surface area contributed by atoms with Crippen molar-refractivity contribution in [1.29, 1.82) is 0 Å². The van der Waals surface area contributed by atoms with Crippen molar-refractivity contribution >= 4 is 16.6 Å². The summed E-state index contributed by atoms with van der Waals surface area (Å²) in [5.41, 5.74) is 5.91. The molecular formula is C20H16O. The molecule has 0 saturated carbocycles. The molecule has 0 amide bonds. The monoisotopic (exact) mass is 272 g/mol. The highest BCUT2D eigenvalue weighted by atomic mass is 16.1. The molecule has 0 aromatic heterocycles. The summed E-state index contributed by atoms with van der Waals surface area (Å²) >= 11 is 0. The van der Waals surface area contributed by atoms with Gasteiger partial charge in [0.2, 0.25) is 0 Å². The first-order chi connectivity index (χ1) is 10.3. The third-order valence-electron chi connectivity index (χ3n) is 4.49.